The number of carbonyl (C=O) groups excluding carboxylic acids is 5. The lowest BCUT2D eigenvalue weighted by atomic mass is 9.87. The van der Waals surface area contributed by atoms with E-state index in [1.807, 2.05) is 41.5 Å². The summed E-state index contributed by atoms with van der Waals surface area (Å²) in [7, 11) is 0. The van der Waals surface area contributed by atoms with Gasteiger partial charge in [0.15, 0.2) is 50.2 Å². The van der Waals surface area contributed by atoms with Crippen molar-refractivity contribution >= 4 is 29.8 Å². The van der Waals surface area contributed by atoms with Crippen LogP contribution >= 0.6 is 0 Å². The van der Waals surface area contributed by atoms with Gasteiger partial charge in [-0.05, 0) is 157 Å². The first kappa shape index (κ1) is 118. The molecular weight excluding hydrogens is 1320 g/mol. The van der Waals surface area contributed by atoms with Crippen LogP contribution in [0.3, 0.4) is 0 Å². The molecule has 0 saturated heterocycles. The molecule has 0 N–H and O–H groups in total. The number of hydrogen-bond donors (Lipinski definition) is 0. The van der Waals surface area contributed by atoms with Gasteiger partial charge in [-0.25, -0.2) is 0 Å². The lowest BCUT2D eigenvalue weighted by Crippen LogP contribution is -2.43. The normalized spacial score (nSPS) is 17.8. The Balaban J connectivity index is -0.000000124. The van der Waals surface area contributed by atoms with Gasteiger partial charge in [-0.2, -0.15) is 39.5 Å². The molecule has 5 rings (SSSR count). The zero-order valence-electron chi connectivity index (χ0n) is 56.4. The summed E-state index contributed by atoms with van der Waals surface area (Å²) in [6, 6.07) is 0. The molecule has 0 aromatic rings. The van der Waals surface area contributed by atoms with Crippen molar-refractivity contribution in [3.63, 3.8) is 0 Å². The first-order valence-electron chi connectivity index (χ1n) is 33.1. The standard InChI is InChI=1S/C14H23F3O3.C14H26O3.C13H21F3O3.C13H24O3.C12H19F3O3.10CH4/c1-3-13(2,14(15,16)17)12(18)20-10-19-11-8-6-4-5-7-9-11;1-4-14(2,3)13(15)17-11-16-10-12-8-6-5-7-9-12;1-3-12(2,13(14,15)16)11(17)19-9-18-10-7-5-4-6-8-10;1-4-13(2,3)12(14)16-10-15-9-11-7-5-6-8-11;1-3-11(2,12(13,14)15)10(16)18-8-17-9-6-4-5-7-9;;;;;;;;;;/h11H,3-10H2,1-2H3;12H,4-11H2,1-3H3;10H,3-9H2,1-2H3;11H,4-10H2,1-3H3;9H,3-8H2,1-2H3;10*1H4. The molecule has 15 nitrogen and oxygen atoms in total. The van der Waals surface area contributed by atoms with Gasteiger partial charge in [0.25, 0.3) is 0 Å². The summed E-state index contributed by atoms with van der Waals surface area (Å²) in [5.41, 5.74) is -8.15. The van der Waals surface area contributed by atoms with E-state index in [2.05, 4.69) is 14.2 Å². The van der Waals surface area contributed by atoms with E-state index in [0.717, 1.165) is 143 Å². The highest BCUT2D eigenvalue weighted by Crippen LogP contribution is 2.44. The molecule has 5 fully saturated rings. The maximum Gasteiger partial charge on any atom is 0.404 e. The Bertz CT molecular complexity index is 1990. The third kappa shape index (κ3) is 42.5. The number of halogens is 9. The lowest BCUT2D eigenvalue weighted by Gasteiger charge is -2.29. The quantitative estimate of drug-likeness (QED) is 0.0189. The van der Waals surface area contributed by atoms with Crippen LogP contribution in [0.1, 0.15) is 344 Å². The van der Waals surface area contributed by atoms with Gasteiger partial charge in [-0.1, -0.05) is 199 Å². The van der Waals surface area contributed by atoms with Crippen LogP contribution in [0.5, 0.6) is 0 Å². The van der Waals surface area contributed by atoms with Crippen LogP contribution in [0.25, 0.3) is 0 Å². The summed E-state index contributed by atoms with van der Waals surface area (Å²) in [5.74, 6) is -2.78. The summed E-state index contributed by atoms with van der Waals surface area (Å²) in [6.45, 7) is 18.6. The molecule has 3 unspecified atom stereocenters. The van der Waals surface area contributed by atoms with Crippen molar-refractivity contribution in [2.75, 3.05) is 47.2 Å². The molecule has 0 aliphatic heterocycles. The third-order valence-corrected chi connectivity index (χ3v) is 18.8. The minimum absolute atomic E-state index is 0. The Kier molecular flexibility index (Phi) is 69.1. The average Bonchev–Trinajstić information content (AvgIpc) is 0.861. The minimum Gasteiger partial charge on any atom is -0.438 e. The molecule has 0 aromatic heterocycles. The predicted octanol–water partition coefficient (Wildman–Crippen LogP) is 24.5. The van der Waals surface area contributed by atoms with E-state index in [1.54, 1.807) is 0 Å². The summed E-state index contributed by atoms with van der Waals surface area (Å²) in [5, 5.41) is 0. The zero-order valence-corrected chi connectivity index (χ0v) is 56.4. The topological polar surface area (TPSA) is 178 Å². The molecule has 0 heterocycles. The third-order valence-electron chi connectivity index (χ3n) is 18.8. The first-order chi connectivity index (χ1) is 42.0. The lowest BCUT2D eigenvalue weighted by molar-refractivity contribution is -0.238. The molecule has 0 aromatic carbocycles. The minimum atomic E-state index is -4.61. The van der Waals surface area contributed by atoms with Crippen LogP contribution < -0.4 is 0 Å². The fourth-order valence-electron chi connectivity index (χ4n) is 9.94. The van der Waals surface area contributed by atoms with Gasteiger partial charge < -0.3 is 47.4 Å². The molecule has 0 radical (unpaired) electrons. The summed E-state index contributed by atoms with van der Waals surface area (Å²) in [6.07, 6.45) is 13.4. The number of alkyl halides is 9. The largest absolute Gasteiger partial charge is 0.438 e. The highest BCUT2D eigenvalue weighted by molar-refractivity contribution is 5.78. The van der Waals surface area contributed by atoms with Crippen LogP contribution in [0.2, 0.25) is 0 Å². The van der Waals surface area contributed by atoms with Crippen molar-refractivity contribution in [3.8, 4) is 0 Å². The average molecular weight is 1480 g/mol. The van der Waals surface area contributed by atoms with Crippen molar-refractivity contribution < 1.29 is 111 Å². The summed E-state index contributed by atoms with van der Waals surface area (Å²) >= 11 is 0. The number of hydrogen-bond acceptors (Lipinski definition) is 15. The summed E-state index contributed by atoms with van der Waals surface area (Å²) in [4.78, 5) is 57.9. The van der Waals surface area contributed by atoms with Crippen molar-refractivity contribution in [2.24, 2.45) is 38.9 Å². The van der Waals surface area contributed by atoms with Gasteiger partial charge in [0.1, 0.15) is 0 Å². The molecular formula is C76H153F9O15. The maximum atomic E-state index is 12.8. The molecule has 0 amide bonds. The van der Waals surface area contributed by atoms with Gasteiger partial charge in [0.05, 0.1) is 42.4 Å². The Hall–Kier alpha value is -3.48. The predicted molar refractivity (Wildman–Crippen MR) is 388 cm³/mol. The zero-order chi connectivity index (χ0) is 68.3. The van der Waals surface area contributed by atoms with Crippen LogP contribution in [-0.2, 0) is 71.3 Å². The Morgan fingerprint density at radius 3 is 0.680 bits per heavy atom. The van der Waals surface area contributed by atoms with Crippen LogP contribution in [-0.4, -0.2) is 114 Å². The second kappa shape index (κ2) is 58.8. The van der Waals surface area contributed by atoms with E-state index in [-0.39, 0.29) is 137 Å². The number of esters is 5. The molecule has 0 bridgehead atoms. The van der Waals surface area contributed by atoms with Crippen LogP contribution in [0.4, 0.5) is 39.5 Å². The van der Waals surface area contributed by atoms with Crippen molar-refractivity contribution in [1.82, 2.24) is 0 Å². The monoisotopic (exact) mass is 1480 g/mol. The second-order valence-electron chi connectivity index (χ2n) is 26.4. The van der Waals surface area contributed by atoms with E-state index in [4.69, 9.17) is 33.2 Å². The van der Waals surface area contributed by atoms with Gasteiger partial charge >= 0.3 is 48.4 Å². The maximum absolute atomic E-state index is 12.8. The second-order valence-corrected chi connectivity index (χ2v) is 26.4. The molecule has 100 heavy (non-hydrogen) atoms. The van der Waals surface area contributed by atoms with Crippen LogP contribution in [0, 0.1) is 38.9 Å². The van der Waals surface area contributed by atoms with Crippen LogP contribution in [0.15, 0.2) is 0 Å². The van der Waals surface area contributed by atoms with E-state index < -0.39 is 83.9 Å². The highest BCUT2D eigenvalue weighted by atomic mass is 19.4. The van der Waals surface area contributed by atoms with Crippen molar-refractivity contribution in [3.05, 3.63) is 0 Å². The molecule has 3 atom stereocenters. The molecule has 24 heteroatoms. The van der Waals surface area contributed by atoms with E-state index in [0.29, 0.717) is 11.8 Å². The molecule has 5 aliphatic rings. The SMILES string of the molecule is C.C.C.C.C.C.C.C.C.C.CCC(C)(C(=O)OCOC1CCCC1)C(F)(F)F.CCC(C)(C(=O)OCOC1CCCCC1)C(F)(F)F.CCC(C)(C(=O)OCOC1CCCCCC1)C(F)(F)F.CCC(C)(C)C(=O)OCOCC1CCCC1.CCC(C)(C)C(=O)OCOCC1CCCCC1. The van der Waals surface area contributed by atoms with Crippen molar-refractivity contribution in [2.45, 2.75) is 380 Å². The molecule has 0 spiro atoms. The smallest absolute Gasteiger partial charge is 0.404 e. The Morgan fingerprint density at radius 1 is 0.280 bits per heavy atom. The molecule has 5 saturated carbocycles. The fraction of sp³-hybridized carbons (Fsp3) is 0.934. The Labute approximate surface area is 605 Å². The van der Waals surface area contributed by atoms with Gasteiger partial charge in [0.2, 0.25) is 0 Å². The van der Waals surface area contributed by atoms with E-state index in [9.17, 15) is 63.5 Å². The van der Waals surface area contributed by atoms with Gasteiger partial charge in [0, 0.05) is 0 Å². The molecule has 610 valence electrons. The molecule has 5 aliphatic carbocycles. The van der Waals surface area contributed by atoms with E-state index >= 15 is 0 Å². The number of ether oxygens (including phenoxy) is 10. The van der Waals surface area contributed by atoms with Gasteiger partial charge in [-0.15, -0.1) is 0 Å². The number of rotatable bonds is 27. The van der Waals surface area contributed by atoms with E-state index in [1.165, 1.54) is 78.6 Å². The summed E-state index contributed by atoms with van der Waals surface area (Å²) < 4.78 is 166. The van der Waals surface area contributed by atoms with Crippen molar-refractivity contribution in [1.29, 1.82) is 0 Å². The number of carbonyl (C=O) groups is 5. The fourth-order valence-corrected chi connectivity index (χ4v) is 9.94. The highest BCUT2D eigenvalue weighted by Gasteiger charge is 2.58. The first-order valence-corrected chi connectivity index (χ1v) is 33.1. The van der Waals surface area contributed by atoms with Gasteiger partial charge in [-0.3, -0.25) is 24.0 Å². The Morgan fingerprint density at radius 2 is 0.470 bits per heavy atom.